The third-order valence-corrected chi connectivity index (χ3v) is 3.80. The number of hydrogen-bond acceptors (Lipinski definition) is 6. The first-order chi connectivity index (χ1) is 10.7. The van der Waals surface area contributed by atoms with E-state index in [0.717, 1.165) is 37.7 Å². The zero-order valence-corrected chi connectivity index (χ0v) is 13.0. The second-order valence-electron chi connectivity index (χ2n) is 5.44. The topological polar surface area (TPSA) is 78.7 Å². The van der Waals surface area contributed by atoms with Crippen LogP contribution in [-0.2, 0) is 4.79 Å². The Morgan fingerprint density at radius 1 is 1.32 bits per heavy atom. The summed E-state index contributed by atoms with van der Waals surface area (Å²) in [5.41, 5.74) is 0.931. The van der Waals surface area contributed by atoms with Crippen molar-refractivity contribution in [1.29, 1.82) is 0 Å². The average molecular weight is 303 g/mol. The van der Waals surface area contributed by atoms with Crippen LogP contribution in [0.4, 0.5) is 5.82 Å². The minimum atomic E-state index is 0.0920. The predicted molar refractivity (Wildman–Crippen MR) is 82.9 cm³/mol. The molecule has 3 heterocycles. The molecule has 0 unspecified atom stereocenters. The molecule has 3 rings (SSSR count). The molecule has 8 nitrogen and oxygen atoms in total. The molecule has 118 valence electrons. The lowest BCUT2D eigenvalue weighted by Crippen LogP contribution is -2.50. The molecule has 0 aliphatic carbocycles. The van der Waals surface area contributed by atoms with Gasteiger partial charge in [0.2, 0.25) is 5.91 Å². The summed E-state index contributed by atoms with van der Waals surface area (Å²) in [5, 5.41) is 7.09. The number of hydrogen-bond donors (Lipinski definition) is 1. The number of fused-ring (bicyclic) bond motifs is 1. The van der Waals surface area contributed by atoms with Crippen LogP contribution in [0.25, 0.3) is 5.78 Å². The summed E-state index contributed by atoms with van der Waals surface area (Å²) >= 11 is 0. The Kier molecular flexibility index (Phi) is 4.19. The van der Waals surface area contributed by atoms with Crippen molar-refractivity contribution in [1.82, 2.24) is 29.8 Å². The van der Waals surface area contributed by atoms with Crippen LogP contribution in [-0.4, -0.2) is 69.7 Å². The molecule has 0 aromatic carbocycles. The number of nitrogens with zero attached hydrogens (tertiary/aromatic N) is 6. The van der Waals surface area contributed by atoms with Gasteiger partial charge in [-0.25, -0.2) is 4.98 Å². The second kappa shape index (κ2) is 6.27. The Morgan fingerprint density at radius 2 is 2.09 bits per heavy atom. The van der Waals surface area contributed by atoms with Crippen LogP contribution in [0.15, 0.2) is 12.4 Å². The van der Waals surface area contributed by atoms with Crippen molar-refractivity contribution >= 4 is 17.5 Å². The Bertz CT molecular complexity index is 660. The number of anilines is 1. The summed E-state index contributed by atoms with van der Waals surface area (Å²) in [5.74, 6) is 1.73. The first-order valence-electron chi connectivity index (χ1n) is 7.58. The van der Waals surface area contributed by atoms with Crippen molar-refractivity contribution in [2.75, 3.05) is 44.2 Å². The van der Waals surface area contributed by atoms with Crippen LogP contribution >= 0.6 is 0 Å². The monoisotopic (exact) mass is 303 g/mol. The minimum absolute atomic E-state index is 0.0920. The first-order valence-corrected chi connectivity index (χ1v) is 7.58. The van der Waals surface area contributed by atoms with Crippen LogP contribution in [0, 0.1) is 6.92 Å². The number of nitrogens with one attached hydrogen (secondary N) is 1. The van der Waals surface area contributed by atoms with E-state index in [-0.39, 0.29) is 5.91 Å². The van der Waals surface area contributed by atoms with Gasteiger partial charge in [0.1, 0.15) is 12.1 Å². The molecule has 8 heteroatoms. The molecule has 0 radical (unpaired) electrons. The van der Waals surface area contributed by atoms with Gasteiger partial charge in [0.25, 0.3) is 5.78 Å². The number of aryl methyl sites for hydroxylation is 1. The molecule has 0 saturated carbocycles. The molecule has 1 saturated heterocycles. The van der Waals surface area contributed by atoms with Crippen molar-refractivity contribution in [2.24, 2.45) is 0 Å². The van der Waals surface area contributed by atoms with E-state index in [1.54, 1.807) is 4.52 Å². The largest absolute Gasteiger partial charge is 0.355 e. The fourth-order valence-corrected chi connectivity index (χ4v) is 2.73. The molecular formula is C14H21N7O. The van der Waals surface area contributed by atoms with Gasteiger partial charge >= 0.3 is 0 Å². The predicted octanol–water partition coefficient (Wildman–Crippen LogP) is -0.309. The van der Waals surface area contributed by atoms with Crippen molar-refractivity contribution in [2.45, 2.75) is 13.8 Å². The molecule has 1 amide bonds. The number of carbonyl (C=O) groups excluding carboxylic acids is 1. The van der Waals surface area contributed by atoms with Crippen LogP contribution in [0.1, 0.15) is 12.6 Å². The van der Waals surface area contributed by atoms with E-state index >= 15 is 0 Å². The van der Waals surface area contributed by atoms with Gasteiger partial charge in [0.15, 0.2) is 0 Å². The molecule has 2 aromatic heterocycles. The fraction of sp³-hybridized carbons (Fsp3) is 0.571. The molecular weight excluding hydrogens is 282 g/mol. The van der Waals surface area contributed by atoms with Crippen molar-refractivity contribution in [3.8, 4) is 0 Å². The SMILES string of the molecule is CCNC(=O)CN1CCN(c2cc(C)nc3ncnn23)CC1. The number of amides is 1. The summed E-state index contributed by atoms with van der Waals surface area (Å²) < 4.78 is 1.77. The third-order valence-electron chi connectivity index (χ3n) is 3.80. The molecule has 22 heavy (non-hydrogen) atoms. The lowest BCUT2D eigenvalue weighted by atomic mass is 10.3. The lowest BCUT2D eigenvalue weighted by molar-refractivity contribution is -0.122. The van der Waals surface area contributed by atoms with Gasteiger partial charge in [-0.1, -0.05) is 0 Å². The third kappa shape index (κ3) is 3.01. The van der Waals surface area contributed by atoms with E-state index in [4.69, 9.17) is 0 Å². The van der Waals surface area contributed by atoms with E-state index in [2.05, 4.69) is 30.2 Å². The van der Waals surface area contributed by atoms with Crippen molar-refractivity contribution in [3.05, 3.63) is 18.1 Å². The number of likely N-dealkylation sites (N-methyl/N-ethyl adjacent to an activating group) is 1. The zero-order valence-electron chi connectivity index (χ0n) is 13.0. The van der Waals surface area contributed by atoms with E-state index in [9.17, 15) is 4.79 Å². The number of aromatic nitrogens is 4. The Balaban J connectivity index is 1.68. The van der Waals surface area contributed by atoms with E-state index in [1.807, 2.05) is 19.9 Å². The lowest BCUT2D eigenvalue weighted by Gasteiger charge is -2.35. The summed E-state index contributed by atoms with van der Waals surface area (Å²) in [7, 11) is 0. The van der Waals surface area contributed by atoms with Gasteiger partial charge < -0.3 is 10.2 Å². The highest BCUT2D eigenvalue weighted by Crippen LogP contribution is 2.17. The van der Waals surface area contributed by atoms with Gasteiger partial charge in [0, 0.05) is 44.5 Å². The smallest absolute Gasteiger partial charge is 0.254 e. The summed E-state index contributed by atoms with van der Waals surface area (Å²) in [4.78, 5) is 24.6. The minimum Gasteiger partial charge on any atom is -0.355 e. The molecule has 1 N–H and O–H groups in total. The molecule has 0 atom stereocenters. The summed E-state index contributed by atoms with van der Waals surface area (Å²) in [6.07, 6.45) is 1.52. The van der Waals surface area contributed by atoms with Crippen LogP contribution in [0.5, 0.6) is 0 Å². The molecule has 0 spiro atoms. The van der Waals surface area contributed by atoms with Crippen LogP contribution in [0.2, 0.25) is 0 Å². The fourth-order valence-electron chi connectivity index (χ4n) is 2.73. The van der Waals surface area contributed by atoms with Crippen molar-refractivity contribution in [3.63, 3.8) is 0 Å². The van der Waals surface area contributed by atoms with Gasteiger partial charge in [-0.15, -0.1) is 0 Å². The van der Waals surface area contributed by atoms with Crippen LogP contribution in [0.3, 0.4) is 0 Å². The van der Waals surface area contributed by atoms with E-state index in [0.29, 0.717) is 18.9 Å². The van der Waals surface area contributed by atoms with Gasteiger partial charge in [0.05, 0.1) is 6.54 Å². The van der Waals surface area contributed by atoms with E-state index in [1.165, 1.54) is 6.33 Å². The number of carbonyl (C=O) groups is 1. The summed E-state index contributed by atoms with van der Waals surface area (Å²) in [6.45, 7) is 8.47. The molecule has 0 bridgehead atoms. The average Bonchev–Trinajstić information content (AvgIpc) is 2.95. The standard InChI is InChI=1S/C14H21N7O/c1-3-15-12(22)9-19-4-6-20(7-5-19)13-8-11(2)18-14-16-10-17-21(13)14/h8,10H,3-7,9H2,1-2H3,(H,15,22). The number of rotatable bonds is 4. The maximum Gasteiger partial charge on any atom is 0.254 e. The molecule has 2 aromatic rings. The highest BCUT2D eigenvalue weighted by molar-refractivity contribution is 5.77. The molecule has 1 aliphatic heterocycles. The quantitative estimate of drug-likeness (QED) is 0.835. The van der Waals surface area contributed by atoms with Crippen LogP contribution < -0.4 is 10.2 Å². The Morgan fingerprint density at radius 3 is 2.82 bits per heavy atom. The Hall–Kier alpha value is -2.22. The first kappa shape index (κ1) is 14.7. The molecule has 1 fully saturated rings. The molecule has 1 aliphatic rings. The summed E-state index contributed by atoms with van der Waals surface area (Å²) in [6, 6.07) is 2.03. The second-order valence-corrected chi connectivity index (χ2v) is 5.44. The normalized spacial score (nSPS) is 16.2. The number of piperazine rings is 1. The highest BCUT2D eigenvalue weighted by atomic mass is 16.2. The van der Waals surface area contributed by atoms with Gasteiger partial charge in [-0.2, -0.15) is 14.6 Å². The van der Waals surface area contributed by atoms with E-state index < -0.39 is 0 Å². The maximum atomic E-state index is 11.7. The van der Waals surface area contributed by atoms with Gasteiger partial charge in [-0.05, 0) is 13.8 Å². The van der Waals surface area contributed by atoms with Crippen molar-refractivity contribution < 1.29 is 4.79 Å². The Labute approximate surface area is 129 Å². The van der Waals surface area contributed by atoms with Gasteiger partial charge in [-0.3, -0.25) is 9.69 Å². The highest BCUT2D eigenvalue weighted by Gasteiger charge is 2.21. The zero-order chi connectivity index (χ0) is 15.5. The maximum absolute atomic E-state index is 11.7.